The highest BCUT2D eigenvalue weighted by molar-refractivity contribution is 5.83. The van der Waals surface area contributed by atoms with E-state index in [1.807, 2.05) is 30.5 Å². The minimum atomic E-state index is -0.993. The van der Waals surface area contributed by atoms with Gasteiger partial charge in [0.25, 0.3) is 0 Å². The van der Waals surface area contributed by atoms with Gasteiger partial charge in [0.15, 0.2) is 0 Å². The number of rotatable bonds is 12. The van der Waals surface area contributed by atoms with E-state index >= 15 is 0 Å². The topological polar surface area (TPSA) is 121 Å². The second-order valence-electron chi connectivity index (χ2n) is 6.06. The predicted octanol–water partition coefficient (Wildman–Crippen LogP) is 0.867. The summed E-state index contributed by atoms with van der Waals surface area (Å²) in [6.07, 6.45) is 1.70. The lowest BCUT2D eigenvalue weighted by atomic mass is 10.1. The summed E-state index contributed by atoms with van der Waals surface area (Å²) in [7, 11) is 0. The normalized spacial score (nSPS) is 12.1. The van der Waals surface area contributed by atoms with Gasteiger partial charge in [-0.1, -0.05) is 18.2 Å². The molecule has 0 saturated carbocycles. The number of aromatic amines is 1. The Morgan fingerprint density at radius 3 is 2.78 bits per heavy atom. The fourth-order valence-electron chi connectivity index (χ4n) is 2.66. The van der Waals surface area contributed by atoms with Gasteiger partial charge in [0.2, 0.25) is 5.91 Å². The number of hydrogen-bond acceptors (Lipinski definition) is 6. The molecule has 148 valence electrons. The van der Waals surface area contributed by atoms with Crippen molar-refractivity contribution in [3.05, 3.63) is 36.0 Å². The number of carbonyl (C=O) groups is 2. The number of amides is 1. The number of aromatic nitrogens is 1. The molecule has 1 aromatic carbocycles. The number of hydrogen-bond donors (Lipinski definition) is 4. The third-order valence-corrected chi connectivity index (χ3v) is 3.93. The molecule has 0 saturated heterocycles. The average Bonchev–Trinajstić information content (AvgIpc) is 3.04. The molecule has 2 rings (SSSR count). The van der Waals surface area contributed by atoms with Crippen molar-refractivity contribution in [2.75, 3.05) is 26.4 Å². The van der Waals surface area contributed by atoms with E-state index in [9.17, 15) is 14.7 Å². The van der Waals surface area contributed by atoms with Gasteiger partial charge in [0.1, 0.15) is 12.8 Å². The highest BCUT2D eigenvalue weighted by Crippen LogP contribution is 2.18. The van der Waals surface area contributed by atoms with Crippen molar-refractivity contribution in [1.29, 1.82) is 0 Å². The number of esters is 1. The second-order valence-corrected chi connectivity index (χ2v) is 6.06. The summed E-state index contributed by atoms with van der Waals surface area (Å²) in [5.74, 6) is -0.726. The van der Waals surface area contributed by atoms with Crippen molar-refractivity contribution in [2.24, 2.45) is 0 Å². The van der Waals surface area contributed by atoms with Gasteiger partial charge in [0, 0.05) is 36.4 Å². The number of nitrogens with one attached hydrogen (secondary N) is 2. The maximum absolute atomic E-state index is 11.9. The number of aliphatic hydroxyl groups excluding tert-OH is 2. The minimum absolute atomic E-state index is 0.0742. The zero-order chi connectivity index (χ0) is 19.5. The van der Waals surface area contributed by atoms with Crippen molar-refractivity contribution >= 4 is 22.8 Å². The van der Waals surface area contributed by atoms with E-state index < -0.39 is 12.2 Å². The zero-order valence-corrected chi connectivity index (χ0v) is 15.1. The Hall–Kier alpha value is -2.42. The molecule has 1 aromatic heterocycles. The molecule has 0 aliphatic heterocycles. The van der Waals surface area contributed by atoms with Gasteiger partial charge in [-0.3, -0.25) is 9.59 Å². The molecule has 27 heavy (non-hydrogen) atoms. The monoisotopic (exact) mass is 378 g/mol. The Morgan fingerprint density at radius 2 is 1.96 bits per heavy atom. The third kappa shape index (κ3) is 7.38. The molecule has 0 bridgehead atoms. The number of carbonyl (C=O) groups excluding carboxylic acids is 2. The molecule has 2 aromatic rings. The van der Waals surface area contributed by atoms with Crippen LogP contribution >= 0.6 is 0 Å². The van der Waals surface area contributed by atoms with Crippen LogP contribution in [0.25, 0.3) is 10.9 Å². The molecule has 0 aliphatic rings. The summed E-state index contributed by atoms with van der Waals surface area (Å²) in [5, 5.41) is 22.2. The van der Waals surface area contributed by atoms with Gasteiger partial charge in [0.05, 0.1) is 19.8 Å². The van der Waals surface area contributed by atoms with E-state index in [0.717, 1.165) is 16.5 Å². The highest BCUT2D eigenvalue weighted by atomic mass is 16.6. The summed E-state index contributed by atoms with van der Waals surface area (Å²) < 4.78 is 9.90. The van der Waals surface area contributed by atoms with Crippen LogP contribution in [0.5, 0.6) is 0 Å². The van der Waals surface area contributed by atoms with Crippen LogP contribution in [0.2, 0.25) is 0 Å². The maximum atomic E-state index is 11.9. The molecule has 0 radical (unpaired) electrons. The Labute approximate surface area is 157 Å². The summed E-state index contributed by atoms with van der Waals surface area (Å²) in [6.45, 7) is 0.481. The highest BCUT2D eigenvalue weighted by Gasteiger charge is 2.13. The maximum Gasteiger partial charge on any atom is 0.305 e. The van der Waals surface area contributed by atoms with Crippen molar-refractivity contribution in [1.82, 2.24) is 10.3 Å². The van der Waals surface area contributed by atoms with E-state index in [4.69, 9.17) is 14.6 Å². The molecular formula is C19H26N2O6. The molecule has 1 heterocycles. The molecule has 1 atom stereocenters. The SMILES string of the molecule is O=C(CCCC(=O)OCCOCCO)NC(O)Cc1c[nH]c2ccccc12. The second kappa shape index (κ2) is 11.3. The number of fused-ring (bicyclic) bond motifs is 1. The number of benzene rings is 1. The lowest BCUT2D eigenvalue weighted by Crippen LogP contribution is -2.36. The van der Waals surface area contributed by atoms with E-state index in [2.05, 4.69) is 10.3 Å². The zero-order valence-electron chi connectivity index (χ0n) is 15.1. The first-order valence-electron chi connectivity index (χ1n) is 8.97. The minimum Gasteiger partial charge on any atom is -0.463 e. The van der Waals surface area contributed by atoms with Crippen LogP contribution in [0.1, 0.15) is 24.8 Å². The van der Waals surface area contributed by atoms with Gasteiger partial charge >= 0.3 is 5.97 Å². The molecule has 8 heteroatoms. The molecule has 0 fully saturated rings. The van der Waals surface area contributed by atoms with E-state index in [1.54, 1.807) is 0 Å². The van der Waals surface area contributed by atoms with Crippen LogP contribution in [0.4, 0.5) is 0 Å². The van der Waals surface area contributed by atoms with Crippen LogP contribution in [-0.4, -0.2) is 59.7 Å². The first-order chi connectivity index (χ1) is 13.1. The van der Waals surface area contributed by atoms with Crippen LogP contribution < -0.4 is 5.32 Å². The fraction of sp³-hybridized carbons (Fsp3) is 0.474. The summed E-state index contributed by atoms with van der Waals surface area (Å²) >= 11 is 0. The van der Waals surface area contributed by atoms with Crippen molar-refractivity contribution in [3.63, 3.8) is 0 Å². The first-order valence-corrected chi connectivity index (χ1v) is 8.97. The van der Waals surface area contributed by atoms with E-state index in [1.165, 1.54) is 0 Å². The van der Waals surface area contributed by atoms with Crippen LogP contribution in [-0.2, 0) is 25.5 Å². The van der Waals surface area contributed by atoms with Gasteiger partial charge in [-0.05, 0) is 18.1 Å². The smallest absolute Gasteiger partial charge is 0.305 e. The molecule has 0 aliphatic carbocycles. The number of H-pyrrole nitrogens is 1. The largest absolute Gasteiger partial charge is 0.463 e. The molecular weight excluding hydrogens is 352 g/mol. The van der Waals surface area contributed by atoms with Gasteiger partial charge in [-0.2, -0.15) is 0 Å². The average molecular weight is 378 g/mol. The molecule has 4 N–H and O–H groups in total. The number of para-hydroxylation sites is 1. The van der Waals surface area contributed by atoms with Crippen LogP contribution in [0.15, 0.2) is 30.5 Å². The van der Waals surface area contributed by atoms with Crippen LogP contribution in [0, 0.1) is 0 Å². The summed E-state index contributed by atoms with van der Waals surface area (Å²) in [6, 6.07) is 7.74. The van der Waals surface area contributed by atoms with Crippen molar-refractivity contribution < 1.29 is 29.3 Å². The molecule has 0 spiro atoms. The lowest BCUT2D eigenvalue weighted by molar-refractivity contribution is -0.145. The predicted molar refractivity (Wildman–Crippen MR) is 98.9 cm³/mol. The standard InChI is InChI=1S/C19H26N2O6/c22-8-9-26-10-11-27-19(25)7-3-6-17(23)21-18(24)12-14-13-20-16-5-2-1-4-15(14)16/h1-2,4-5,13,18,20,22,24H,3,6-12H2,(H,21,23). The number of aliphatic hydroxyl groups is 2. The van der Waals surface area contributed by atoms with Gasteiger partial charge < -0.3 is 30.0 Å². The van der Waals surface area contributed by atoms with E-state index in [-0.39, 0.29) is 45.2 Å². The van der Waals surface area contributed by atoms with Crippen molar-refractivity contribution in [2.45, 2.75) is 31.9 Å². The summed E-state index contributed by atoms with van der Waals surface area (Å²) in [4.78, 5) is 26.5. The van der Waals surface area contributed by atoms with Gasteiger partial charge in [-0.25, -0.2) is 0 Å². The Kier molecular flexibility index (Phi) is 8.76. The van der Waals surface area contributed by atoms with Crippen molar-refractivity contribution in [3.8, 4) is 0 Å². The Balaban J connectivity index is 1.61. The third-order valence-electron chi connectivity index (χ3n) is 3.93. The van der Waals surface area contributed by atoms with Crippen LogP contribution in [0.3, 0.4) is 0 Å². The van der Waals surface area contributed by atoms with E-state index in [0.29, 0.717) is 12.8 Å². The lowest BCUT2D eigenvalue weighted by Gasteiger charge is -2.12. The quantitative estimate of drug-likeness (QED) is 0.247. The Bertz CT molecular complexity index is 730. The molecule has 8 nitrogen and oxygen atoms in total. The number of ether oxygens (including phenoxy) is 2. The summed E-state index contributed by atoms with van der Waals surface area (Å²) in [5.41, 5.74) is 1.90. The molecule has 1 unspecified atom stereocenters. The first kappa shape index (κ1) is 20.9. The molecule has 1 amide bonds. The Morgan fingerprint density at radius 1 is 1.15 bits per heavy atom. The van der Waals surface area contributed by atoms with Gasteiger partial charge in [-0.15, -0.1) is 0 Å². The fourth-order valence-corrected chi connectivity index (χ4v) is 2.66.